The van der Waals surface area contributed by atoms with Crippen LogP contribution in [0.2, 0.25) is 0 Å². The number of aromatic nitrogens is 2. The lowest BCUT2D eigenvalue weighted by Crippen LogP contribution is -2.30. The number of hydrogen-bond acceptors (Lipinski definition) is 3. The molecule has 0 saturated carbocycles. The fourth-order valence-corrected chi connectivity index (χ4v) is 1.78. The van der Waals surface area contributed by atoms with Crippen molar-refractivity contribution in [3.8, 4) is 0 Å². The van der Waals surface area contributed by atoms with Crippen molar-refractivity contribution >= 4 is 12.6 Å². The summed E-state index contributed by atoms with van der Waals surface area (Å²) in [6, 6.07) is 5.44. The lowest BCUT2D eigenvalue weighted by molar-refractivity contribution is 0.425. The zero-order chi connectivity index (χ0) is 12.4. The van der Waals surface area contributed by atoms with E-state index >= 15 is 0 Å². The Morgan fingerprint density at radius 3 is 2.65 bits per heavy atom. The van der Waals surface area contributed by atoms with E-state index in [1.165, 1.54) is 0 Å². The molecule has 88 valence electrons. The van der Waals surface area contributed by atoms with Crippen LogP contribution in [-0.4, -0.2) is 26.7 Å². The first-order valence-electron chi connectivity index (χ1n) is 5.51. The molecule has 0 unspecified atom stereocenters. The van der Waals surface area contributed by atoms with Crippen LogP contribution in [0.1, 0.15) is 17.0 Å². The van der Waals surface area contributed by atoms with Crippen LogP contribution in [-0.2, 0) is 6.54 Å². The van der Waals surface area contributed by atoms with E-state index in [-0.39, 0.29) is 0 Å². The zero-order valence-electron chi connectivity index (χ0n) is 9.96. The molecule has 2 aromatic rings. The summed E-state index contributed by atoms with van der Waals surface area (Å²) in [5, 5.41) is 18.3. The van der Waals surface area contributed by atoms with Gasteiger partial charge in [0, 0.05) is 18.9 Å². The molecule has 0 aliphatic carbocycles. The molecule has 4 nitrogen and oxygen atoms in total. The maximum Gasteiger partial charge on any atom is 0.488 e. The van der Waals surface area contributed by atoms with E-state index in [9.17, 15) is 0 Å². The predicted octanol–water partition coefficient (Wildman–Crippen LogP) is 0.228. The van der Waals surface area contributed by atoms with Gasteiger partial charge in [-0.25, -0.2) is 4.98 Å². The van der Waals surface area contributed by atoms with Crippen molar-refractivity contribution in [3.63, 3.8) is 0 Å². The standard InChI is InChI=1S/C12H15BN2O2/c1-9-3-4-12(13(16)17)7-11(9)8-15-6-5-14-10(15)2/h3-7,16-17H,8H2,1-2H3. The molecule has 1 aromatic heterocycles. The van der Waals surface area contributed by atoms with E-state index < -0.39 is 7.12 Å². The third-order valence-corrected chi connectivity index (χ3v) is 2.94. The fraction of sp³-hybridized carbons (Fsp3) is 0.250. The Morgan fingerprint density at radius 2 is 2.06 bits per heavy atom. The molecule has 0 saturated heterocycles. The lowest BCUT2D eigenvalue weighted by Gasteiger charge is -2.10. The molecule has 2 rings (SSSR count). The van der Waals surface area contributed by atoms with Crippen LogP contribution in [0.15, 0.2) is 30.6 Å². The summed E-state index contributed by atoms with van der Waals surface area (Å²) in [4.78, 5) is 4.16. The summed E-state index contributed by atoms with van der Waals surface area (Å²) in [7, 11) is -1.42. The van der Waals surface area contributed by atoms with Crippen LogP contribution in [0.25, 0.3) is 0 Å². The Kier molecular flexibility index (Phi) is 3.31. The summed E-state index contributed by atoms with van der Waals surface area (Å²) in [5.41, 5.74) is 2.71. The van der Waals surface area contributed by atoms with Gasteiger partial charge in [0.15, 0.2) is 0 Å². The number of imidazole rings is 1. The van der Waals surface area contributed by atoms with Crippen LogP contribution in [0.4, 0.5) is 0 Å². The first kappa shape index (κ1) is 11.9. The monoisotopic (exact) mass is 230 g/mol. The van der Waals surface area contributed by atoms with Crippen molar-refractivity contribution in [2.75, 3.05) is 0 Å². The summed E-state index contributed by atoms with van der Waals surface area (Å²) in [5.74, 6) is 0.944. The number of nitrogens with zero attached hydrogens (tertiary/aromatic N) is 2. The number of hydrogen-bond donors (Lipinski definition) is 2. The normalized spacial score (nSPS) is 10.6. The average molecular weight is 230 g/mol. The SMILES string of the molecule is Cc1ccc(B(O)O)cc1Cn1ccnc1C. The van der Waals surface area contributed by atoms with E-state index in [0.29, 0.717) is 12.0 Å². The van der Waals surface area contributed by atoms with Gasteiger partial charge in [0.2, 0.25) is 0 Å². The van der Waals surface area contributed by atoms with E-state index in [0.717, 1.165) is 17.0 Å². The number of benzene rings is 1. The fourth-order valence-electron chi connectivity index (χ4n) is 1.78. The van der Waals surface area contributed by atoms with Crippen molar-refractivity contribution in [2.24, 2.45) is 0 Å². The van der Waals surface area contributed by atoms with Crippen LogP contribution in [0, 0.1) is 13.8 Å². The quantitative estimate of drug-likeness (QED) is 0.742. The van der Waals surface area contributed by atoms with Gasteiger partial charge in [-0.1, -0.05) is 18.2 Å². The predicted molar refractivity (Wildman–Crippen MR) is 67.1 cm³/mol. The molecule has 5 heteroatoms. The Morgan fingerprint density at radius 1 is 1.29 bits per heavy atom. The van der Waals surface area contributed by atoms with Gasteiger partial charge in [0.1, 0.15) is 5.82 Å². The van der Waals surface area contributed by atoms with Crippen LogP contribution < -0.4 is 5.46 Å². The lowest BCUT2D eigenvalue weighted by atomic mass is 9.79. The third-order valence-electron chi connectivity index (χ3n) is 2.94. The first-order chi connectivity index (χ1) is 8.08. The molecule has 0 radical (unpaired) electrons. The van der Waals surface area contributed by atoms with Crippen LogP contribution >= 0.6 is 0 Å². The van der Waals surface area contributed by atoms with Crippen molar-refractivity contribution in [2.45, 2.75) is 20.4 Å². The maximum atomic E-state index is 9.16. The minimum atomic E-state index is -1.42. The van der Waals surface area contributed by atoms with Crippen molar-refractivity contribution in [1.82, 2.24) is 9.55 Å². The molecule has 1 heterocycles. The smallest absolute Gasteiger partial charge is 0.423 e. The second-order valence-corrected chi connectivity index (χ2v) is 4.16. The first-order valence-corrected chi connectivity index (χ1v) is 5.51. The average Bonchev–Trinajstić information content (AvgIpc) is 2.67. The summed E-state index contributed by atoms with van der Waals surface area (Å²) < 4.78 is 2.02. The highest BCUT2D eigenvalue weighted by Crippen LogP contribution is 2.09. The molecule has 0 amide bonds. The van der Waals surface area contributed by atoms with Gasteiger partial charge in [0.25, 0.3) is 0 Å². The molecule has 17 heavy (non-hydrogen) atoms. The van der Waals surface area contributed by atoms with E-state index in [1.807, 2.05) is 36.7 Å². The molecule has 0 fully saturated rings. The highest BCUT2D eigenvalue weighted by Gasteiger charge is 2.12. The Labute approximate surface area is 101 Å². The van der Waals surface area contributed by atoms with Gasteiger partial charge in [-0.05, 0) is 30.4 Å². The Balaban J connectivity index is 2.32. The summed E-state index contributed by atoms with van der Waals surface area (Å²) in [6.07, 6.45) is 3.67. The van der Waals surface area contributed by atoms with Gasteiger partial charge in [-0.3, -0.25) is 0 Å². The molecule has 1 aromatic carbocycles. The molecular formula is C12H15BN2O2. The van der Waals surface area contributed by atoms with Crippen molar-refractivity contribution in [1.29, 1.82) is 0 Å². The molecular weight excluding hydrogens is 215 g/mol. The second-order valence-electron chi connectivity index (χ2n) is 4.16. The molecule has 0 atom stereocenters. The molecule has 0 aliphatic heterocycles. The minimum absolute atomic E-state index is 0.517. The largest absolute Gasteiger partial charge is 0.488 e. The van der Waals surface area contributed by atoms with Gasteiger partial charge in [0.05, 0.1) is 0 Å². The van der Waals surface area contributed by atoms with Gasteiger partial charge in [-0.15, -0.1) is 0 Å². The molecule has 0 aliphatic rings. The van der Waals surface area contributed by atoms with Gasteiger partial charge in [-0.2, -0.15) is 0 Å². The van der Waals surface area contributed by atoms with E-state index in [1.54, 1.807) is 12.3 Å². The Hall–Kier alpha value is -1.59. The van der Waals surface area contributed by atoms with Crippen molar-refractivity contribution in [3.05, 3.63) is 47.5 Å². The molecule has 0 spiro atoms. The minimum Gasteiger partial charge on any atom is -0.423 e. The highest BCUT2D eigenvalue weighted by atomic mass is 16.4. The van der Waals surface area contributed by atoms with Crippen molar-refractivity contribution < 1.29 is 10.0 Å². The molecule has 2 N–H and O–H groups in total. The summed E-state index contributed by atoms with van der Waals surface area (Å²) in [6.45, 7) is 4.65. The number of aryl methyl sites for hydroxylation is 2. The maximum absolute atomic E-state index is 9.16. The highest BCUT2D eigenvalue weighted by molar-refractivity contribution is 6.58. The van der Waals surface area contributed by atoms with E-state index in [2.05, 4.69) is 4.98 Å². The third kappa shape index (κ3) is 2.57. The Bertz CT molecular complexity index is 523. The van der Waals surface area contributed by atoms with Gasteiger partial charge >= 0.3 is 7.12 Å². The van der Waals surface area contributed by atoms with Crippen LogP contribution in [0.5, 0.6) is 0 Å². The summed E-state index contributed by atoms with van der Waals surface area (Å²) >= 11 is 0. The zero-order valence-corrected chi connectivity index (χ0v) is 9.96. The molecule has 0 bridgehead atoms. The van der Waals surface area contributed by atoms with Gasteiger partial charge < -0.3 is 14.6 Å². The van der Waals surface area contributed by atoms with E-state index in [4.69, 9.17) is 10.0 Å². The van der Waals surface area contributed by atoms with Crippen LogP contribution in [0.3, 0.4) is 0 Å². The second kappa shape index (κ2) is 4.73. The number of rotatable bonds is 3. The topological polar surface area (TPSA) is 58.3 Å².